The Bertz CT molecular complexity index is 1040. The van der Waals surface area contributed by atoms with Gasteiger partial charge >= 0.3 is 0 Å². The van der Waals surface area contributed by atoms with Crippen molar-refractivity contribution in [3.63, 3.8) is 0 Å². The van der Waals surface area contributed by atoms with Crippen LogP contribution in [0.15, 0.2) is 4.99 Å². The Morgan fingerprint density at radius 1 is 0.717 bits per heavy atom. The molecule has 1 saturated carbocycles. The van der Waals surface area contributed by atoms with Crippen molar-refractivity contribution in [2.75, 3.05) is 67.9 Å². The predicted molar refractivity (Wildman–Crippen MR) is 238 cm³/mol. The third-order valence-electron chi connectivity index (χ3n) is 12.7. The third-order valence-corrected chi connectivity index (χ3v) is 17.2. The van der Waals surface area contributed by atoms with Gasteiger partial charge in [-0.05, 0) is 147 Å². The van der Waals surface area contributed by atoms with Gasteiger partial charge in [0.1, 0.15) is 0 Å². The van der Waals surface area contributed by atoms with Gasteiger partial charge in [0, 0.05) is 48.3 Å². The van der Waals surface area contributed by atoms with Crippen LogP contribution in [0.5, 0.6) is 0 Å². The number of ether oxygens (including phenoxy) is 1. The van der Waals surface area contributed by atoms with Gasteiger partial charge in [-0.3, -0.25) is 9.20 Å². The van der Waals surface area contributed by atoms with Crippen molar-refractivity contribution in [1.29, 1.82) is 0 Å². The molecule has 0 aromatic carbocycles. The summed E-state index contributed by atoms with van der Waals surface area (Å²) in [7, 11) is -1.20. The number of aliphatic imine (C=N–C) groups is 1. The average molecular weight is 805 g/mol. The van der Waals surface area contributed by atoms with Crippen LogP contribution in [0.3, 0.4) is 0 Å². The molecule has 0 radical (unpaired) electrons. The molecule has 6 aliphatic rings. The number of nitrogens with one attached hydrogen (secondary N) is 1. The molecule has 1 N–H and O–H groups in total. The van der Waals surface area contributed by atoms with E-state index in [4.69, 9.17) is 4.74 Å². The van der Waals surface area contributed by atoms with E-state index in [0.717, 1.165) is 90.3 Å². The van der Waals surface area contributed by atoms with E-state index in [1.54, 1.807) is 0 Å². The first-order valence-electron chi connectivity index (χ1n) is 21.7. The molecule has 53 heavy (non-hydrogen) atoms. The lowest BCUT2D eigenvalue weighted by atomic mass is 9.95. The number of rotatable bonds is 6. The molecule has 6 rings (SSSR count). The molecule has 1 aliphatic carbocycles. The lowest BCUT2D eigenvalue weighted by Crippen LogP contribution is -2.12. The summed E-state index contributed by atoms with van der Waals surface area (Å²) in [6.07, 6.45) is 10.1. The molecule has 6 fully saturated rings. The summed E-state index contributed by atoms with van der Waals surface area (Å²) in [4.78, 5) is 4.24. The monoisotopic (exact) mass is 805 g/mol. The minimum absolute atomic E-state index is 0.413. The Balaban J connectivity index is 0.000000319. The molecule has 5 saturated heterocycles. The molecule has 0 spiro atoms. The van der Waals surface area contributed by atoms with Crippen molar-refractivity contribution in [1.82, 2.24) is 5.32 Å². The summed E-state index contributed by atoms with van der Waals surface area (Å²) in [5, 5.41) is 3.35. The van der Waals surface area contributed by atoms with Gasteiger partial charge in [0.05, 0.1) is 11.5 Å². The van der Waals surface area contributed by atoms with Crippen LogP contribution in [0.4, 0.5) is 0 Å². The van der Waals surface area contributed by atoms with Crippen LogP contribution in [-0.2, 0) is 25.4 Å². The number of thioether (sulfide) groups is 1. The standard InChI is InChI=1S/C9H17N.C7H15N.C7H14O2S.C7H14OS.C7H14O.C7H14S/c1-7(2)8-4-5-9(6-8)10-3;1-6(2)7-3-4-8-5-7;1-6(2)7-3-4-10(8,9)5-7;1-6(2)7-3-4-9(8)5-7;2*1-6(2)7-3-4-8-5-7/h7-8H,4-6H2,1-3H3;6-8H,3-5H2,1-2H3;6-7H,3-5H2,1-2H3;6-7H,3-5H2,1-2H3;2*6-7H,3-5H2,1-2H3. The molecule has 6 nitrogen and oxygen atoms in total. The van der Waals surface area contributed by atoms with Crippen molar-refractivity contribution in [2.45, 2.75) is 134 Å². The second kappa shape index (κ2) is 27.6. The second-order valence-electron chi connectivity index (χ2n) is 18.8. The van der Waals surface area contributed by atoms with Crippen LogP contribution < -0.4 is 5.32 Å². The zero-order valence-electron chi connectivity index (χ0n) is 37.0. The number of sulfone groups is 1. The first-order chi connectivity index (χ1) is 24.9. The number of hydrogen-bond acceptors (Lipinski definition) is 7. The Morgan fingerprint density at radius 3 is 1.57 bits per heavy atom. The van der Waals surface area contributed by atoms with Crippen molar-refractivity contribution < 1.29 is 17.4 Å². The Morgan fingerprint density at radius 2 is 1.32 bits per heavy atom. The highest BCUT2D eigenvalue weighted by Gasteiger charge is 2.29. The van der Waals surface area contributed by atoms with Crippen molar-refractivity contribution >= 4 is 38.1 Å². The topological polar surface area (TPSA) is 84.8 Å². The van der Waals surface area contributed by atoms with Crippen LogP contribution >= 0.6 is 11.8 Å². The fraction of sp³-hybridized carbons (Fsp3) is 0.977. The summed E-state index contributed by atoms with van der Waals surface area (Å²) in [5.41, 5.74) is 1.43. The largest absolute Gasteiger partial charge is 0.381 e. The molecule has 0 bridgehead atoms. The first kappa shape index (κ1) is 51.1. The quantitative estimate of drug-likeness (QED) is 0.288. The van der Waals surface area contributed by atoms with E-state index in [9.17, 15) is 12.6 Å². The number of hydrogen-bond donors (Lipinski definition) is 1. The molecule has 7 unspecified atom stereocenters. The van der Waals surface area contributed by atoms with Crippen LogP contribution in [0, 0.1) is 71.0 Å². The molecule has 9 heteroatoms. The normalized spacial score (nSPS) is 31.2. The lowest BCUT2D eigenvalue weighted by Gasteiger charge is -2.11. The molecular formula is C44H88N2O4S3. The van der Waals surface area contributed by atoms with Gasteiger partial charge in [-0.15, -0.1) is 0 Å². The third kappa shape index (κ3) is 22.5. The fourth-order valence-electron chi connectivity index (χ4n) is 7.60. The molecule has 7 atom stereocenters. The Hall–Kier alpha value is 0.0400. The maximum Gasteiger partial charge on any atom is 0.150 e. The minimum Gasteiger partial charge on any atom is -0.381 e. The van der Waals surface area contributed by atoms with E-state index in [1.807, 2.05) is 7.05 Å². The summed E-state index contributed by atoms with van der Waals surface area (Å²) in [5.74, 6) is 15.2. The van der Waals surface area contributed by atoms with Gasteiger partial charge in [0.15, 0.2) is 9.84 Å². The van der Waals surface area contributed by atoms with Crippen LogP contribution in [0.2, 0.25) is 0 Å². The maximum absolute atomic E-state index is 10.9. The van der Waals surface area contributed by atoms with Gasteiger partial charge in [0.25, 0.3) is 0 Å². The highest BCUT2D eigenvalue weighted by Crippen LogP contribution is 2.30. The highest BCUT2D eigenvalue weighted by atomic mass is 32.2. The SMILES string of the molecule is CC(C)C1CCNC1.CC(C)C1CCOC1.CC(C)C1CCS(=O)(=O)C1.CC(C)C1CCS(=O)C1.CC(C)C1CCSC1.CN=C1CCC(C(C)C)C1. The summed E-state index contributed by atoms with van der Waals surface area (Å²) in [6, 6.07) is 0. The van der Waals surface area contributed by atoms with Gasteiger partial charge in [-0.1, -0.05) is 83.1 Å². The number of nitrogens with zero attached hydrogens (tertiary/aromatic N) is 1. The highest BCUT2D eigenvalue weighted by molar-refractivity contribution is 7.99. The van der Waals surface area contributed by atoms with Crippen molar-refractivity contribution in [3.05, 3.63) is 0 Å². The summed E-state index contributed by atoms with van der Waals surface area (Å²) < 4.78 is 38.0. The van der Waals surface area contributed by atoms with Gasteiger partial charge in [0.2, 0.25) is 0 Å². The molecule has 5 aliphatic heterocycles. The second-order valence-corrected chi connectivity index (χ2v) is 23.8. The van der Waals surface area contributed by atoms with Gasteiger partial charge in [-0.25, -0.2) is 8.42 Å². The Labute approximate surface area is 337 Å². The van der Waals surface area contributed by atoms with Crippen LogP contribution in [0.1, 0.15) is 134 Å². The molecule has 5 heterocycles. The average Bonchev–Trinajstić information content (AvgIpc) is 3.95. The van der Waals surface area contributed by atoms with E-state index >= 15 is 0 Å². The Kier molecular flexibility index (Phi) is 26.6. The first-order valence-corrected chi connectivity index (χ1v) is 26.2. The maximum atomic E-state index is 10.9. The predicted octanol–water partition coefficient (Wildman–Crippen LogP) is 10.3. The molecule has 316 valence electrons. The van der Waals surface area contributed by atoms with Gasteiger partial charge in [-0.2, -0.15) is 11.8 Å². The summed E-state index contributed by atoms with van der Waals surface area (Å²) >= 11 is 2.11. The van der Waals surface area contributed by atoms with E-state index in [-0.39, 0.29) is 0 Å². The van der Waals surface area contributed by atoms with Crippen molar-refractivity contribution in [3.8, 4) is 0 Å². The van der Waals surface area contributed by atoms with E-state index in [2.05, 4.69) is 105 Å². The van der Waals surface area contributed by atoms with E-state index in [1.165, 1.54) is 75.3 Å². The minimum atomic E-state index is -2.64. The lowest BCUT2D eigenvalue weighted by molar-refractivity contribution is 0.176. The molecule has 0 aromatic heterocycles. The fourth-order valence-corrected chi connectivity index (χ4v) is 12.9. The molecular weight excluding hydrogens is 717 g/mol. The van der Waals surface area contributed by atoms with E-state index < -0.39 is 20.6 Å². The smallest absolute Gasteiger partial charge is 0.150 e. The van der Waals surface area contributed by atoms with Gasteiger partial charge < -0.3 is 10.1 Å². The van der Waals surface area contributed by atoms with Crippen molar-refractivity contribution in [2.24, 2.45) is 76.0 Å². The van der Waals surface area contributed by atoms with E-state index in [0.29, 0.717) is 23.3 Å². The van der Waals surface area contributed by atoms with Crippen LogP contribution in [0.25, 0.3) is 0 Å². The zero-order valence-corrected chi connectivity index (χ0v) is 39.4. The zero-order chi connectivity index (χ0) is 40.1. The molecule has 0 aromatic rings. The summed E-state index contributed by atoms with van der Waals surface area (Å²) in [6.45, 7) is 31.5. The van der Waals surface area contributed by atoms with Crippen LogP contribution in [-0.4, -0.2) is 86.2 Å². The molecule has 0 amide bonds.